The molecule has 1 atom stereocenters. The van der Waals surface area contributed by atoms with Gasteiger partial charge in [0.25, 0.3) is 0 Å². The van der Waals surface area contributed by atoms with Crippen LogP contribution in [0.3, 0.4) is 0 Å². The number of hydrogen-bond acceptors (Lipinski definition) is 0. The van der Waals surface area contributed by atoms with E-state index in [0.717, 1.165) is 5.92 Å². The van der Waals surface area contributed by atoms with E-state index >= 15 is 0 Å². The molecule has 0 aliphatic heterocycles. The van der Waals surface area contributed by atoms with Gasteiger partial charge in [-0.2, -0.15) is 0 Å². The normalized spacial score (nSPS) is 23.4. The van der Waals surface area contributed by atoms with E-state index in [4.69, 9.17) is 6.57 Å². The van der Waals surface area contributed by atoms with Crippen LogP contribution in [0.2, 0.25) is 0 Å². The third-order valence-electron chi connectivity index (χ3n) is 1.51. The van der Waals surface area contributed by atoms with E-state index in [2.05, 4.69) is 4.85 Å². The summed E-state index contributed by atoms with van der Waals surface area (Å²) in [6, 6.07) is 0.306. The Labute approximate surface area is 44.2 Å². The van der Waals surface area contributed by atoms with Crippen molar-refractivity contribution in [2.45, 2.75) is 25.8 Å². The second kappa shape index (κ2) is 1.54. The molecule has 1 nitrogen and oxygen atoms in total. The highest BCUT2D eigenvalue weighted by Crippen LogP contribution is 2.33. The van der Waals surface area contributed by atoms with Crippen LogP contribution in [0.25, 0.3) is 4.85 Å². The fourth-order valence-corrected chi connectivity index (χ4v) is 0.684. The van der Waals surface area contributed by atoms with Crippen LogP contribution >= 0.6 is 0 Å². The summed E-state index contributed by atoms with van der Waals surface area (Å²) in [6.45, 7) is 8.61. The summed E-state index contributed by atoms with van der Waals surface area (Å²) in [5.41, 5.74) is 0. The lowest BCUT2D eigenvalue weighted by Gasteiger charge is -1.87. The van der Waals surface area contributed by atoms with Crippen molar-refractivity contribution >= 4 is 0 Å². The van der Waals surface area contributed by atoms with Gasteiger partial charge in [-0.05, 0) is 12.8 Å². The molecule has 0 spiro atoms. The van der Waals surface area contributed by atoms with Crippen LogP contribution in [0.1, 0.15) is 19.8 Å². The molecular formula is C6H9N. The van der Waals surface area contributed by atoms with Gasteiger partial charge in [-0.1, -0.05) is 0 Å². The molecule has 1 heteroatoms. The van der Waals surface area contributed by atoms with Crippen molar-refractivity contribution in [2.24, 2.45) is 5.92 Å². The molecule has 0 unspecified atom stereocenters. The van der Waals surface area contributed by atoms with Crippen molar-refractivity contribution in [2.75, 3.05) is 0 Å². The number of nitrogens with zero attached hydrogens (tertiary/aromatic N) is 1. The summed E-state index contributed by atoms with van der Waals surface area (Å²) in [5.74, 6) is 0.762. The Morgan fingerprint density at radius 3 is 2.43 bits per heavy atom. The highest BCUT2D eigenvalue weighted by Gasteiger charge is 2.31. The van der Waals surface area contributed by atoms with Crippen molar-refractivity contribution in [3.8, 4) is 0 Å². The lowest BCUT2D eigenvalue weighted by atomic mass is 10.2. The average molecular weight is 95.1 g/mol. The van der Waals surface area contributed by atoms with Crippen LogP contribution in [0.4, 0.5) is 0 Å². The van der Waals surface area contributed by atoms with Crippen LogP contribution in [0.15, 0.2) is 0 Å². The molecule has 0 aromatic rings. The largest absolute Gasteiger partial charge is 0.314 e. The third kappa shape index (κ3) is 0.928. The van der Waals surface area contributed by atoms with E-state index < -0.39 is 0 Å². The Morgan fingerprint density at radius 2 is 2.29 bits per heavy atom. The summed E-state index contributed by atoms with van der Waals surface area (Å²) in [5, 5.41) is 0. The van der Waals surface area contributed by atoms with Crippen LogP contribution < -0.4 is 0 Å². The van der Waals surface area contributed by atoms with Gasteiger partial charge < -0.3 is 4.85 Å². The summed E-state index contributed by atoms with van der Waals surface area (Å²) >= 11 is 0. The topological polar surface area (TPSA) is 4.36 Å². The second-order valence-electron chi connectivity index (χ2n) is 2.21. The Hall–Kier alpha value is -0.510. The zero-order valence-corrected chi connectivity index (χ0v) is 4.52. The minimum atomic E-state index is 0.306. The van der Waals surface area contributed by atoms with E-state index in [1.54, 1.807) is 0 Å². The first-order valence-corrected chi connectivity index (χ1v) is 2.71. The zero-order valence-electron chi connectivity index (χ0n) is 4.52. The molecule has 1 aliphatic rings. The molecule has 38 valence electrons. The maximum atomic E-state index is 6.60. The van der Waals surface area contributed by atoms with Gasteiger partial charge in [0.15, 0.2) is 0 Å². The zero-order chi connectivity index (χ0) is 5.28. The molecule has 0 bridgehead atoms. The van der Waals surface area contributed by atoms with Crippen molar-refractivity contribution in [3.63, 3.8) is 0 Å². The SMILES string of the molecule is [C-]#[N+][C@@H](C)C1CC1. The summed E-state index contributed by atoms with van der Waals surface area (Å²) < 4.78 is 0. The number of rotatable bonds is 1. The lowest BCUT2D eigenvalue weighted by Crippen LogP contribution is -1.94. The molecule has 0 radical (unpaired) electrons. The molecule has 0 amide bonds. The minimum Gasteiger partial charge on any atom is -0.314 e. The van der Waals surface area contributed by atoms with E-state index in [0.29, 0.717) is 6.04 Å². The van der Waals surface area contributed by atoms with E-state index in [1.165, 1.54) is 12.8 Å². The average Bonchev–Trinajstić information content (AvgIpc) is 2.44. The molecule has 0 aromatic heterocycles. The predicted octanol–water partition coefficient (Wildman–Crippen LogP) is 1.70. The fourth-order valence-electron chi connectivity index (χ4n) is 0.684. The summed E-state index contributed by atoms with van der Waals surface area (Å²) in [4.78, 5) is 3.40. The monoisotopic (exact) mass is 95.1 g/mol. The van der Waals surface area contributed by atoms with Crippen LogP contribution in [0, 0.1) is 12.5 Å². The summed E-state index contributed by atoms with van der Waals surface area (Å²) in [7, 11) is 0. The maximum absolute atomic E-state index is 6.60. The molecule has 1 aliphatic carbocycles. The molecule has 1 fully saturated rings. The van der Waals surface area contributed by atoms with E-state index in [9.17, 15) is 0 Å². The molecule has 0 aromatic carbocycles. The maximum Gasteiger partial charge on any atom is 0.223 e. The molecule has 0 N–H and O–H groups in total. The first-order valence-electron chi connectivity index (χ1n) is 2.71. The lowest BCUT2D eigenvalue weighted by molar-refractivity contribution is 0.737. The molecule has 1 rings (SSSR count). The predicted molar refractivity (Wildman–Crippen MR) is 28.8 cm³/mol. The highest BCUT2D eigenvalue weighted by atomic mass is 14.7. The van der Waals surface area contributed by atoms with Crippen molar-refractivity contribution in [1.29, 1.82) is 0 Å². The molecule has 7 heavy (non-hydrogen) atoms. The molecule has 0 heterocycles. The summed E-state index contributed by atoms with van der Waals surface area (Å²) in [6.07, 6.45) is 2.59. The van der Waals surface area contributed by atoms with Gasteiger partial charge in [0.1, 0.15) is 0 Å². The fraction of sp³-hybridized carbons (Fsp3) is 0.833. The molecule has 0 saturated heterocycles. The van der Waals surface area contributed by atoms with Crippen LogP contribution in [-0.4, -0.2) is 6.04 Å². The van der Waals surface area contributed by atoms with Crippen molar-refractivity contribution < 1.29 is 0 Å². The van der Waals surface area contributed by atoms with Crippen LogP contribution in [0.5, 0.6) is 0 Å². The molecule has 1 saturated carbocycles. The van der Waals surface area contributed by atoms with Crippen LogP contribution in [-0.2, 0) is 0 Å². The quantitative estimate of drug-likeness (QED) is 0.437. The third-order valence-corrected chi connectivity index (χ3v) is 1.51. The van der Waals surface area contributed by atoms with Gasteiger partial charge in [0.2, 0.25) is 6.04 Å². The van der Waals surface area contributed by atoms with Crippen molar-refractivity contribution in [3.05, 3.63) is 11.4 Å². The minimum absolute atomic E-state index is 0.306. The van der Waals surface area contributed by atoms with Gasteiger partial charge in [0, 0.05) is 12.8 Å². The Morgan fingerprint density at radius 1 is 1.71 bits per heavy atom. The van der Waals surface area contributed by atoms with Crippen molar-refractivity contribution in [1.82, 2.24) is 0 Å². The van der Waals surface area contributed by atoms with Gasteiger partial charge in [-0.15, -0.1) is 0 Å². The number of hydrogen-bond donors (Lipinski definition) is 0. The Kier molecular flexibility index (Phi) is 1.02. The van der Waals surface area contributed by atoms with Gasteiger partial charge in [0.05, 0.1) is 0 Å². The molecular weight excluding hydrogens is 86.1 g/mol. The standard InChI is InChI=1S/C6H9N/c1-5(7-2)6-3-4-6/h5-6H,3-4H2,1H3/t5-/m0/s1. The van der Waals surface area contributed by atoms with Gasteiger partial charge >= 0.3 is 0 Å². The Bertz CT molecular complexity index is 97.2. The first kappa shape index (κ1) is 4.64. The van der Waals surface area contributed by atoms with Gasteiger partial charge in [-0.25, -0.2) is 6.57 Å². The highest BCUT2D eigenvalue weighted by molar-refractivity contribution is 4.89. The van der Waals surface area contributed by atoms with E-state index in [-0.39, 0.29) is 0 Å². The van der Waals surface area contributed by atoms with E-state index in [1.807, 2.05) is 6.92 Å². The second-order valence-corrected chi connectivity index (χ2v) is 2.21. The Balaban J connectivity index is 2.27. The smallest absolute Gasteiger partial charge is 0.223 e. The first-order chi connectivity index (χ1) is 3.34. The van der Waals surface area contributed by atoms with Gasteiger partial charge in [-0.3, -0.25) is 0 Å².